The Morgan fingerprint density at radius 3 is 2.67 bits per heavy atom. The molecule has 142 valence electrons. The molecule has 0 bridgehead atoms. The topological polar surface area (TPSA) is 32.3 Å². The standard InChI is InChI=1S/C21H21F3N2O/c1-4-19(27)26(3)17-8-9-18-14(11-17)10-13(2)20(18)25-16-7-5-6-15(12-16)21(22,23)24/h4-9,11-13,20,25H,1,10H2,2-3H3. The maximum absolute atomic E-state index is 12.9. The first-order chi connectivity index (χ1) is 12.7. The fourth-order valence-corrected chi connectivity index (χ4v) is 3.50. The predicted molar refractivity (Wildman–Crippen MR) is 101 cm³/mol. The number of rotatable bonds is 4. The van der Waals surface area contributed by atoms with E-state index in [1.54, 1.807) is 13.1 Å². The molecule has 2 unspecified atom stereocenters. The highest BCUT2D eigenvalue weighted by molar-refractivity contribution is 6.00. The van der Waals surface area contributed by atoms with Crippen LogP contribution in [-0.2, 0) is 17.4 Å². The van der Waals surface area contributed by atoms with Gasteiger partial charge in [0, 0.05) is 18.4 Å². The van der Waals surface area contributed by atoms with E-state index in [1.165, 1.54) is 17.0 Å². The van der Waals surface area contributed by atoms with Gasteiger partial charge in [-0.15, -0.1) is 0 Å². The molecule has 1 N–H and O–H groups in total. The largest absolute Gasteiger partial charge is 0.416 e. The molecule has 3 nitrogen and oxygen atoms in total. The second-order valence-corrected chi connectivity index (χ2v) is 6.87. The van der Waals surface area contributed by atoms with Gasteiger partial charge in [-0.1, -0.05) is 25.6 Å². The molecule has 0 fully saturated rings. The summed E-state index contributed by atoms with van der Waals surface area (Å²) in [6.07, 6.45) is -2.32. The van der Waals surface area contributed by atoms with Crippen LogP contribution in [0.2, 0.25) is 0 Å². The van der Waals surface area contributed by atoms with Crippen LogP contribution in [0.15, 0.2) is 55.1 Å². The third-order valence-electron chi connectivity index (χ3n) is 4.98. The number of alkyl halides is 3. The minimum atomic E-state index is -4.37. The van der Waals surface area contributed by atoms with Gasteiger partial charge in [0.25, 0.3) is 0 Å². The molecule has 0 spiro atoms. The van der Waals surface area contributed by atoms with E-state index in [4.69, 9.17) is 0 Å². The Morgan fingerprint density at radius 2 is 2.00 bits per heavy atom. The van der Waals surface area contributed by atoms with Crippen molar-refractivity contribution >= 4 is 17.3 Å². The SMILES string of the molecule is C=CC(=O)N(C)c1ccc2c(c1)CC(C)C2Nc1cccc(C(F)(F)F)c1. The average molecular weight is 374 g/mol. The molecule has 1 aliphatic carbocycles. The van der Waals surface area contributed by atoms with Crippen molar-refractivity contribution in [2.24, 2.45) is 5.92 Å². The molecule has 2 atom stereocenters. The van der Waals surface area contributed by atoms with Crippen molar-refractivity contribution in [3.8, 4) is 0 Å². The van der Waals surface area contributed by atoms with E-state index >= 15 is 0 Å². The van der Waals surface area contributed by atoms with Crippen LogP contribution in [0.25, 0.3) is 0 Å². The number of halogens is 3. The molecule has 1 aliphatic rings. The lowest BCUT2D eigenvalue weighted by atomic mass is 10.0. The highest BCUT2D eigenvalue weighted by Crippen LogP contribution is 2.40. The number of amides is 1. The summed E-state index contributed by atoms with van der Waals surface area (Å²) in [4.78, 5) is 13.3. The van der Waals surface area contributed by atoms with Gasteiger partial charge in [-0.3, -0.25) is 4.79 Å². The lowest BCUT2D eigenvalue weighted by molar-refractivity contribution is -0.137. The molecule has 0 heterocycles. The first-order valence-electron chi connectivity index (χ1n) is 8.67. The molecule has 2 aromatic carbocycles. The van der Waals surface area contributed by atoms with Crippen LogP contribution in [-0.4, -0.2) is 13.0 Å². The number of nitrogens with one attached hydrogen (secondary N) is 1. The van der Waals surface area contributed by atoms with Crippen LogP contribution in [0.5, 0.6) is 0 Å². The highest BCUT2D eigenvalue weighted by Gasteiger charge is 2.32. The summed E-state index contributed by atoms with van der Waals surface area (Å²) in [5, 5.41) is 3.25. The molecule has 0 saturated carbocycles. The Morgan fingerprint density at radius 1 is 1.26 bits per heavy atom. The Balaban J connectivity index is 1.86. The van der Waals surface area contributed by atoms with Gasteiger partial charge < -0.3 is 10.2 Å². The van der Waals surface area contributed by atoms with Gasteiger partial charge in [0.2, 0.25) is 5.91 Å². The van der Waals surface area contributed by atoms with Gasteiger partial charge in [0.1, 0.15) is 0 Å². The Labute approximate surface area is 156 Å². The number of hydrogen-bond acceptors (Lipinski definition) is 2. The van der Waals surface area contributed by atoms with Crippen molar-refractivity contribution in [3.63, 3.8) is 0 Å². The lowest BCUT2D eigenvalue weighted by Crippen LogP contribution is -2.23. The molecule has 0 saturated heterocycles. The van der Waals surface area contributed by atoms with E-state index in [9.17, 15) is 18.0 Å². The number of anilines is 2. The van der Waals surface area contributed by atoms with Gasteiger partial charge in [0.05, 0.1) is 11.6 Å². The Hall–Kier alpha value is -2.76. The summed E-state index contributed by atoms with van der Waals surface area (Å²) in [6, 6.07) is 10.9. The number of carbonyl (C=O) groups excluding carboxylic acids is 1. The summed E-state index contributed by atoms with van der Waals surface area (Å²) in [6.45, 7) is 5.55. The zero-order chi connectivity index (χ0) is 19.8. The van der Waals surface area contributed by atoms with E-state index in [0.29, 0.717) is 5.69 Å². The molecule has 3 rings (SSSR count). The third-order valence-corrected chi connectivity index (χ3v) is 4.98. The number of fused-ring (bicyclic) bond motifs is 1. The minimum absolute atomic E-state index is 0.0852. The van der Waals surface area contributed by atoms with Crippen LogP contribution >= 0.6 is 0 Å². The summed E-state index contributed by atoms with van der Waals surface area (Å²) < 4.78 is 38.8. The molecule has 0 aliphatic heterocycles. The van der Waals surface area contributed by atoms with Crippen LogP contribution in [0.4, 0.5) is 24.5 Å². The van der Waals surface area contributed by atoms with Gasteiger partial charge in [0.15, 0.2) is 0 Å². The minimum Gasteiger partial charge on any atom is -0.378 e. The summed E-state index contributed by atoms with van der Waals surface area (Å²) in [7, 11) is 1.68. The number of hydrogen-bond donors (Lipinski definition) is 1. The number of nitrogens with zero attached hydrogens (tertiary/aromatic N) is 1. The van der Waals surface area contributed by atoms with Gasteiger partial charge in [-0.2, -0.15) is 13.2 Å². The van der Waals surface area contributed by atoms with Crippen molar-refractivity contribution in [3.05, 3.63) is 71.8 Å². The molecule has 0 radical (unpaired) electrons. The highest BCUT2D eigenvalue weighted by atomic mass is 19.4. The van der Waals surface area contributed by atoms with E-state index < -0.39 is 11.7 Å². The number of carbonyl (C=O) groups is 1. The molecule has 6 heteroatoms. The zero-order valence-electron chi connectivity index (χ0n) is 15.2. The van der Waals surface area contributed by atoms with Crippen LogP contribution < -0.4 is 10.2 Å². The van der Waals surface area contributed by atoms with Crippen LogP contribution in [0.3, 0.4) is 0 Å². The van der Waals surface area contributed by atoms with Crippen LogP contribution in [0.1, 0.15) is 29.7 Å². The van der Waals surface area contributed by atoms with Crippen molar-refractivity contribution < 1.29 is 18.0 Å². The first kappa shape index (κ1) is 19.0. The second-order valence-electron chi connectivity index (χ2n) is 6.87. The van der Waals surface area contributed by atoms with Crippen molar-refractivity contribution in [1.29, 1.82) is 0 Å². The van der Waals surface area contributed by atoms with Crippen molar-refractivity contribution in [2.45, 2.75) is 25.6 Å². The van der Waals surface area contributed by atoms with Gasteiger partial charge in [-0.05, 0) is 59.9 Å². The normalized spacial score (nSPS) is 18.7. The van der Waals surface area contributed by atoms with Crippen molar-refractivity contribution in [1.82, 2.24) is 0 Å². The maximum atomic E-state index is 12.9. The molecule has 1 amide bonds. The monoisotopic (exact) mass is 374 g/mol. The summed E-state index contributed by atoms with van der Waals surface area (Å²) in [5.74, 6) is 0.0184. The van der Waals surface area contributed by atoms with Gasteiger partial charge in [-0.25, -0.2) is 0 Å². The van der Waals surface area contributed by atoms with Crippen molar-refractivity contribution in [2.75, 3.05) is 17.3 Å². The lowest BCUT2D eigenvalue weighted by Gasteiger charge is -2.21. The Bertz CT molecular complexity index is 876. The molecule has 0 aromatic heterocycles. The zero-order valence-corrected chi connectivity index (χ0v) is 15.2. The molecule has 27 heavy (non-hydrogen) atoms. The number of benzene rings is 2. The van der Waals surface area contributed by atoms with E-state index in [2.05, 4.69) is 18.8 Å². The van der Waals surface area contributed by atoms with Crippen LogP contribution in [0, 0.1) is 5.92 Å². The van der Waals surface area contributed by atoms with E-state index in [1.807, 2.05) is 18.2 Å². The second kappa shape index (κ2) is 7.10. The fourth-order valence-electron chi connectivity index (χ4n) is 3.50. The quantitative estimate of drug-likeness (QED) is 0.746. The molecular formula is C21H21F3N2O. The predicted octanol–water partition coefficient (Wildman–Crippen LogP) is 5.20. The smallest absolute Gasteiger partial charge is 0.378 e. The maximum Gasteiger partial charge on any atom is 0.416 e. The average Bonchev–Trinajstić information content (AvgIpc) is 2.94. The molecular weight excluding hydrogens is 353 g/mol. The Kier molecular flexibility index (Phi) is 5.00. The fraction of sp³-hybridized carbons (Fsp3) is 0.286. The van der Waals surface area contributed by atoms with E-state index in [-0.39, 0.29) is 17.9 Å². The van der Waals surface area contributed by atoms with Gasteiger partial charge >= 0.3 is 6.18 Å². The first-order valence-corrected chi connectivity index (χ1v) is 8.67. The molecule has 2 aromatic rings. The summed E-state index contributed by atoms with van der Waals surface area (Å²) in [5.41, 5.74) is 2.68. The third kappa shape index (κ3) is 3.84. The number of likely N-dealkylation sites (N-methyl/N-ethyl adjacent to an activating group) is 1. The summed E-state index contributed by atoms with van der Waals surface area (Å²) >= 11 is 0. The van der Waals surface area contributed by atoms with E-state index in [0.717, 1.165) is 35.4 Å².